The molecule has 92 valence electrons. The van der Waals surface area contributed by atoms with Gasteiger partial charge in [0.15, 0.2) is 0 Å². The summed E-state index contributed by atoms with van der Waals surface area (Å²) in [4.78, 5) is 5.11. The van der Waals surface area contributed by atoms with Crippen molar-refractivity contribution in [2.24, 2.45) is 5.92 Å². The predicted octanol–water partition coefficient (Wildman–Crippen LogP) is 0.455. The van der Waals surface area contributed by atoms with Crippen LogP contribution < -0.4 is 10.2 Å². The topological polar surface area (TPSA) is 76.5 Å². The molecule has 0 bridgehead atoms. The van der Waals surface area contributed by atoms with E-state index in [1.165, 1.54) is 6.20 Å². The lowest BCUT2D eigenvalue weighted by Crippen LogP contribution is -2.32. The van der Waals surface area contributed by atoms with Crippen LogP contribution in [0.2, 0.25) is 0 Å². The van der Waals surface area contributed by atoms with Gasteiger partial charge in [-0.25, -0.2) is 0 Å². The highest BCUT2D eigenvalue weighted by Gasteiger charge is 2.06. The van der Waals surface area contributed by atoms with E-state index >= 15 is 0 Å². The standard InChI is InChI=1S/C9H17N3O3S/c1-7(2)5-15-10-3-8(13)6-14-9-4-11-16-12-9/h4,7-8,10,13H,3,5-6H2,1-2H3. The second-order valence-corrected chi connectivity index (χ2v) is 4.32. The molecule has 1 aromatic rings. The highest BCUT2D eigenvalue weighted by atomic mass is 32.1. The number of hydroxylamine groups is 1. The molecule has 1 aromatic heterocycles. The molecule has 0 radical (unpaired) electrons. The number of aliphatic hydroxyl groups is 1. The molecule has 1 unspecified atom stereocenters. The summed E-state index contributed by atoms with van der Waals surface area (Å²) >= 11 is 1.07. The molecule has 0 aromatic carbocycles. The lowest BCUT2D eigenvalue weighted by atomic mass is 10.2. The van der Waals surface area contributed by atoms with E-state index in [0.717, 1.165) is 11.7 Å². The molecule has 0 fully saturated rings. The SMILES string of the molecule is CC(C)CONCC(O)COc1cnsn1. The van der Waals surface area contributed by atoms with E-state index in [2.05, 4.69) is 28.1 Å². The van der Waals surface area contributed by atoms with Crippen LogP contribution in [0.25, 0.3) is 0 Å². The maximum absolute atomic E-state index is 9.50. The van der Waals surface area contributed by atoms with Gasteiger partial charge in [0.05, 0.1) is 24.9 Å². The molecule has 0 saturated heterocycles. The Morgan fingerprint density at radius 1 is 1.50 bits per heavy atom. The van der Waals surface area contributed by atoms with Crippen molar-refractivity contribution in [1.82, 2.24) is 14.2 Å². The minimum absolute atomic E-state index is 0.170. The minimum atomic E-state index is -0.631. The molecule has 7 heteroatoms. The van der Waals surface area contributed by atoms with Gasteiger partial charge in [-0.1, -0.05) is 13.8 Å². The van der Waals surface area contributed by atoms with Crippen LogP contribution in [-0.4, -0.2) is 39.7 Å². The summed E-state index contributed by atoms with van der Waals surface area (Å²) in [5.74, 6) is 0.897. The van der Waals surface area contributed by atoms with Crippen LogP contribution in [0.5, 0.6) is 5.88 Å². The molecule has 0 spiro atoms. The number of aromatic nitrogens is 2. The van der Waals surface area contributed by atoms with E-state index in [9.17, 15) is 5.11 Å². The van der Waals surface area contributed by atoms with Crippen molar-refractivity contribution < 1.29 is 14.7 Å². The van der Waals surface area contributed by atoms with Crippen LogP contribution in [-0.2, 0) is 4.84 Å². The van der Waals surface area contributed by atoms with Gasteiger partial charge in [0.2, 0.25) is 5.88 Å². The third-order valence-electron chi connectivity index (χ3n) is 1.60. The molecule has 1 atom stereocenters. The fourth-order valence-corrected chi connectivity index (χ4v) is 1.21. The fourth-order valence-electron chi connectivity index (χ4n) is 0.841. The molecular weight excluding hydrogens is 230 g/mol. The monoisotopic (exact) mass is 247 g/mol. The Morgan fingerprint density at radius 3 is 2.94 bits per heavy atom. The van der Waals surface area contributed by atoms with Gasteiger partial charge in [-0.15, -0.1) is 4.37 Å². The normalized spacial score (nSPS) is 13.0. The van der Waals surface area contributed by atoms with Crippen molar-refractivity contribution in [2.75, 3.05) is 19.8 Å². The molecule has 0 aliphatic carbocycles. The Labute approximate surface area is 98.9 Å². The van der Waals surface area contributed by atoms with Gasteiger partial charge in [-0.3, -0.25) is 0 Å². The van der Waals surface area contributed by atoms with Crippen LogP contribution in [0.4, 0.5) is 0 Å². The average molecular weight is 247 g/mol. The zero-order valence-electron chi connectivity index (χ0n) is 9.42. The molecule has 0 aliphatic heterocycles. The second-order valence-electron chi connectivity index (χ2n) is 3.76. The highest BCUT2D eigenvalue weighted by Crippen LogP contribution is 2.04. The van der Waals surface area contributed by atoms with E-state index in [0.29, 0.717) is 24.9 Å². The lowest BCUT2D eigenvalue weighted by Gasteiger charge is -2.12. The molecule has 6 nitrogen and oxygen atoms in total. The largest absolute Gasteiger partial charge is 0.473 e. The molecule has 1 heterocycles. The van der Waals surface area contributed by atoms with Gasteiger partial charge in [-0.05, 0) is 5.92 Å². The smallest absolute Gasteiger partial charge is 0.245 e. The van der Waals surface area contributed by atoms with Gasteiger partial charge in [0, 0.05) is 0 Å². The summed E-state index contributed by atoms with van der Waals surface area (Å²) in [6.07, 6.45) is 0.883. The third kappa shape index (κ3) is 5.96. The number of hydrogen-bond donors (Lipinski definition) is 2. The first-order valence-corrected chi connectivity index (χ1v) is 5.84. The van der Waals surface area contributed by atoms with E-state index < -0.39 is 6.10 Å². The quantitative estimate of drug-likeness (QED) is 0.513. The highest BCUT2D eigenvalue weighted by molar-refractivity contribution is 6.99. The third-order valence-corrected chi connectivity index (χ3v) is 2.06. The molecule has 0 aliphatic rings. The lowest BCUT2D eigenvalue weighted by molar-refractivity contribution is -0.00801. The summed E-state index contributed by atoms with van der Waals surface area (Å²) in [7, 11) is 0. The van der Waals surface area contributed by atoms with Crippen LogP contribution in [0.3, 0.4) is 0 Å². The molecule has 2 N–H and O–H groups in total. The van der Waals surface area contributed by atoms with Crippen LogP contribution >= 0.6 is 11.7 Å². The van der Waals surface area contributed by atoms with Gasteiger partial charge >= 0.3 is 0 Å². The van der Waals surface area contributed by atoms with Crippen molar-refractivity contribution in [1.29, 1.82) is 0 Å². The first kappa shape index (κ1) is 13.3. The summed E-state index contributed by atoms with van der Waals surface area (Å²) in [6, 6.07) is 0. The van der Waals surface area contributed by atoms with Crippen molar-refractivity contribution in [3.05, 3.63) is 6.20 Å². The Bertz CT molecular complexity index is 269. The van der Waals surface area contributed by atoms with Gasteiger partial charge in [-0.2, -0.15) is 9.85 Å². The van der Waals surface area contributed by atoms with E-state index in [4.69, 9.17) is 9.57 Å². The summed E-state index contributed by atoms with van der Waals surface area (Å²) in [6.45, 7) is 5.21. The maximum Gasteiger partial charge on any atom is 0.245 e. The van der Waals surface area contributed by atoms with Gasteiger partial charge in [0.25, 0.3) is 0 Å². The molecule has 0 saturated carbocycles. The number of ether oxygens (including phenoxy) is 1. The number of rotatable bonds is 8. The first-order chi connectivity index (χ1) is 7.68. The van der Waals surface area contributed by atoms with Crippen molar-refractivity contribution in [3.8, 4) is 5.88 Å². The zero-order valence-corrected chi connectivity index (χ0v) is 10.2. The minimum Gasteiger partial charge on any atom is -0.473 e. The zero-order chi connectivity index (χ0) is 11.8. The van der Waals surface area contributed by atoms with Crippen LogP contribution in [0.15, 0.2) is 6.20 Å². The fraction of sp³-hybridized carbons (Fsp3) is 0.778. The van der Waals surface area contributed by atoms with Gasteiger partial charge in [0.1, 0.15) is 18.9 Å². The number of nitrogens with one attached hydrogen (secondary N) is 1. The molecule has 0 amide bonds. The average Bonchev–Trinajstić information content (AvgIpc) is 2.74. The molecule has 16 heavy (non-hydrogen) atoms. The molecular formula is C9H17N3O3S. The van der Waals surface area contributed by atoms with E-state index in [-0.39, 0.29) is 6.61 Å². The second kappa shape index (κ2) is 7.50. The Morgan fingerprint density at radius 2 is 2.31 bits per heavy atom. The number of hydrogen-bond acceptors (Lipinski definition) is 7. The van der Waals surface area contributed by atoms with E-state index in [1.807, 2.05) is 0 Å². The summed E-state index contributed by atoms with van der Waals surface area (Å²) < 4.78 is 12.8. The van der Waals surface area contributed by atoms with Gasteiger partial charge < -0.3 is 14.7 Å². The maximum atomic E-state index is 9.50. The van der Waals surface area contributed by atoms with Crippen LogP contribution in [0, 0.1) is 5.92 Å². The summed E-state index contributed by atoms with van der Waals surface area (Å²) in [5, 5.41) is 9.50. The summed E-state index contributed by atoms with van der Waals surface area (Å²) in [5.41, 5.74) is 2.68. The van der Waals surface area contributed by atoms with Crippen LogP contribution in [0.1, 0.15) is 13.8 Å². The predicted molar refractivity (Wildman–Crippen MR) is 60.2 cm³/mol. The number of nitrogens with zero attached hydrogens (tertiary/aromatic N) is 2. The Balaban J connectivity index is 2.00. The number of aliphatic hydroxyl groups excluding tert-OH is 1. The van der Waals surface area contributed by atoms with E-state index in [1.54, 1.807) is 0 Å². The molecule has 1 rings (SSSR count). The van der Waals surface area contributed by atoms with Crippen molar-refractivity contribution >= 4 is 11.7 Å². The first-order valence-electron chi connectivity index (χ1n) is 5.11. The Kier molecular flexibility index (Phi) is 6.24. The Hall–Kier alpha value is -0.760. The van der Waals surface area contributed by atoms with Crippen molar-refractivity contribution in [3.63, 3.8) is 0 Å². The van der Waals surface area contributed by atoms with Crippen molar-refractivity contribution in [2.45, 2.75) is 20.0 Å².